The van der Waals surface area contributed by atoms with Crippen LogP contribution in [-0.4, -0.2) is 20.0 Å². The molecule has 0 unspecified atom stereocenters. The standard InChI is InChI=1S/C17H14Cl2O3/c1-21-16-8-4-11(9-17(16)22-2)3-7-15(20)13-10-12(18)5-6-14(13)19/h3-10H,1-2H3. The Kier molecular flexibility index (Phi) is 5.47. The van der Waals surface area contributed by atoms with E-state index in [0.717, 1.165) is 5.56 Å². The fourth-order valence-corrected chi connectivity index (χ4v) is 2.29. The molecule has 0 amide bonds. The van der Waals surface area contributed by atoms with Gasteiger partial charge in [0.2, 0.25) is 0 Å². The largest absolute Gasteiger partial charge is 0.493 e. The maximum Gasteiger partial charge on any atom is 0.187 e. The molecule has 0 heterocycles. The Balaban J connectivity index is 2.24. The van der Waals surface area contributed by atoms with Crippen LogP contribution in [0.2, 0.25) is 10.0 Å². The number of carbonyl (C=O) groups excluding carboxylic acids is 1. The summed E-state index contributed by atoms with van der Waals surface area (Å²) in [5.74, 6) is 1.00. The molecular weight excluding hydrogens is 323 g/mol. The molecule has 3 nitrogen and oxygen atoms in total. The molecule has 0 fully saturated rings. The van der Waals surface area contributed by atoms with Crippen molar-refractivity contribution < 1.29 is 14.3 Å². The zero-order chi connectivity index (χ0) is 16.1. The minimum atomic E-state index is -0.220. The van der Waals surface area contributed by atoms with E-state index in [9.17, 15) is 4.79 Å². The Labute approximate surface area is 139 Å². The van der Waals surface area contributed by atoms with Gasteiger partial charge in [0, 0.05) is 10.6 Å². The molecule has 2 aromatic carbocycles. The first kappa shape index (κ1) is 16.4. The molecule has 0 bridgehead atoms. The summed E-state index contributed by atoms with van der Waals surface area (Å²) in [5, 5.41) is 0.832. The molecule has 0 atom stereocenters. The first-order chi connectivity index (χ1) is 10.5. The van der Waals surface area contributed by atoms with E-state index in [4.69, 9.17) is 32.7 Å². The van der Waals surface area contributed by atoms with Crippen LogP contribution in [0.25, 0.3) is 6.08 Å². The summed E-state index contributed by atoms with van der Waals surface area (Å²) in [6.45, 7) is 0. The summed E-state index contributed by atoms with van der Waals surface area (Å²) in [5.41, 5.74) is 1.18. The van der Waals surface area contributed by atoms with E-state index in [1.807, 2.05) is 6.07 Å². The SMILES string of the molecule is COc1ccc(C=CC(=O)c2cc(Cl)ccc2Cl)cc1OC. The molecule has 0 saturated heterocycles. The third-order valence-electron chi connectivity index (χ3n) is 3.03. The van der Waals surface area contributed by atoms with Crippen molar-refractivity contribution in [3.8, 4) is 11.5 Å². The van der Waals surface area contributed by atoms with Gasteiger partial charge in [-0.3, -0.25) is 4.79 Å². The van der Waals surface area contributed by atoms with E-state index < -0.39 is 0 Å². The molecule has 22 heavy (non-hydrogen) atoms. The van der Waals surface area contributed by atoms with Crippen LogP contribution >= 0.6 is 23.2 Å². The van der Waals surface area contributed by atoms with Crippen LogP contribution in [0.15, 0.2) is 42.5 Å². The number of ketones is 1. The van der Waals surface area contributed by atoms with Gasteiger partial charge in [-0.2, -0.15) is 0 Å². The molecule has 0 aliphatic rings. The lowest BCUT2D eigenvalue weighted by Gasteiger charge is -2.07. The lowest BCUT2D eigenvalue weighted by molar-refractivity contribution is 0.104. The van der Waals surface area contributed by atoms with Gasteiger partial charge in [0.05, 0.1) is 19.2 Å². The van der Waals surface area contributed by atoms with Crippen LogP contribution in [0.5, 0.6) is 11.5 Å². The summed E-state index contributed by atoms with van der Waals surface area (Å²) >= 11 is 11.9. The second kappa shape index (κ2) is 7.34. The van der Waals surface area contributed by atoms with Gasteiger partial charge in [-0.25, -0.2) is 0 Å². The number of methoxy groups -OCH3 is 2. The summed E-state index contributed by atoms with van der Waals surface area (Å²) in [6, 6.07) is 10.2. The zero-order valence-corrected chi connectivity index (χ0v) is 13.6. The Hall–Kier alpha value is -1.97. The average molecular weight is 337 g/mol. The zero-order valence-electron chi connectivity index (χ0n) is 12.1. The predicted octanol–water partition coefficient (Wildman–Crippen LogP) is 4.91. The highest BCUT2D eigenvalue weighted by atomic mass is 35.5. The lowest BCUT2D eigenvalue weighted by Crippen LogP contribution is -1.95. The summed E-state index contributed by atoms with van der Waals surface area (Å²) in [7, 11) is 3.13. The minimum Gasteiger partial charge on any atom is -0.493 e. The number of allylic oxidation sites excluding steroid dienone is 1. The molecule has 0 N–H and O–H groups in total. The number of ether oxygens (including phenoxy) is 2. The summed E-state index contributed by atoms with van der Waals surface area (Å²) < 4.78 is 10.4. The highest BCUT2D eigenvalue weighted by Crippen LogP contribution is 2.28. The van der Waals surface area contributed by atoms with Crippen molar-refractivity contribution in [2.45, 2.75) is 0 Å². The van der Waals surface area contributed by atoms with E-state index in [1.54, 1.807) is 50.6 Å². The summed E-state index contributed by atoms with van der Waals surface area (Å²) in [4.78, 5) is 12.2. The highest BCUT2D eigenvalue weighted by molar-refractivity contribution is 6.36. The second-order valence-electron chi connectivity index (χ2n) is 4.44. The Morgan fingerprint density at radius 3 is 2.41 bits per heavy atom. The van der Waals surface area contributed by atoms with Gasteiger partial charge < -0.3 is 9.47 Å². The van der Waals surface area contributed by atoms with Crippen molar-refractivity contribution >= 4 is 35.1 Å². The molecule has 0 aromatic heterocycles. The van der Waals surface area contributed by atoms with Gasteiger partial charge in [0.1, 0.15) is 0 Å². The molecule has 0 saturated carbocycles. The van der Waals surface area contributed by atoms with Crippen LogP contribution in [-0.2, 0) is 0 Å². The molecular formula is C17H14Cl2O3. The smallest absolute Gasteiger partial charge is 0.187 e. The molecule has 0 radical (unpaired) electrons. The quantitative estimate of drug-likeness (QED) is 0.575. The first-order valence-corrected chi connectivity index (χ1v) is 7.20. The predicted molar refractivity (Wildman–Crippen MR) is 89.4 cm³/mol. The van der Waals surface area contributed by atoms with Gasteiger partial charge in [0.25, 0.3) is 0 Å². The van der Waals surface area contributed by atoms with Gasteiger partial charge >= 0.3 is 0 Å². The molecule has 2 aromatic rings. The Morgan fingerprint density at radius 1 is 1.00 bits per heavy atom. The van der Waals surface area contributed by atoms with Crippen molar-refractivity contribution in [3.05, 3.63) is 63.6 Å². The van der Waals surface area contributed by atoms with E-state index in [1.165, 1.54) is 6.08 Å². The Bertz CT molecular complexity index is 724. The average Bonchev–Trinajstić information content (AvgIpc) is 2.54. The monoisotopic (exact) mass is 336 g/mol. The third-order valence-corrected chi connectivity index (χ3v) is 3.59. The minimum absolute atomic E-state index is 0.220. The number of rotatable bonds is 5. The van der Waals surface area contributed by atoms with Gasteiger partial charge in [0.15, 0.2) is 17.3 Å². The van der Waals surface area contributed by atoms with E-state index in [-0.39, 0.29) is 5.78 Å². The molecule has 2 rings (SSSR count). The highest BCUT2D eigenvalue weighted by Gasteiger charge is 2.08. The number of halogens is 2. The van der Waals surface area contributed by atoms with Crippen LogP contribution in [0.4, 0.5) is 0 Å². The second-order valence-corrected chi connectivity index (χ2v) is 5.28. The lowest BCUT2D eigenvalue weighted by atomic mass is 10.1. The number of benzene rings is 2. The van der Waals surface area contributed by atoms with E-state index in [0.29, 0.717) is 27.1 Å². The van der Waals surface area contributed by atoms with E-state index >= 15 is 0 Å². The number of hydrogen-bond acceptors (Lipinski definition) is 3. The van der Waals surface area contributed by atoms with E-state index in [2.05, 4.69) is 0 Å². The van der Waals surface area contributed by atoms with Crippen LogP contribution < -0.4 is 9.47 Å². The third kappa shape index (κ3) is 3.81. The van der Waals surface area contributed by atoms with Crippen LogP contribution in [0.3, 0.4) is 0 Å². The van der Waals surface area contributed by atoms with Crippen molar-refractivity contribution in [2.75, 3.05) is 14.2 Å². The molecule has 0 aliphatic heterocycles. The first-order valence-electron chi connectivity index (χ1n) is 6.44. The van der Waals surface area contributed by atoms with Crippen molar-refractivity contribution in [3.63, 3.8) is 0 Å². The molecule has 114 valence electrons. The van der Waals surface area contributed by atoms with Crippen molar-refractivity contribution in [1.82, 2.24) is 0 Å². The van der Waals surface area contributed by atoms with Crippen molar-refractivity contribution in [2.24, 2.45) is 0 Å². The topological polar surface area (TPSA) is 35.5 Å². The van der Waals surface area contributed by atoms with Crippen LogP contribution in [0.1, 0.15) is 15.9 Å². The van der Waals surface area contributed by atoms with Gasteiger partial charge in [-0.15, -0.1) is 0 Å². The van der Waals surface area contributed by atoms with Crippen molar-refractivity contribution in [1.29, 1.82) is 0 Å². The van der Waals surface area contributed by atoms with Crippen LogP contribution in [0, 0.1) is 0 Å². The van der Waals surface area contributed by atoms with Gasteiger partial charge in [-0.1, -0.05) is 35.3 Å². The number of carbonyl (C=O) groups is 1. The van der Waals surface area contributed by atoms with Gasteiger partial charge in [-0.05, 0) is 42.0 Å². The summed E-state index contributed by atoms with van der Waals surface area (Å²) in [6.07, 6.45) is 3.13. The molecule has 5 heteroatoms. The fraction of sp³-hybridized carbons (Fsp3) is 0.118. The molecule has 0 spiro atoms. The maximum absolute atomic E-state index is 12.2. The maximum atomic E-state index is 12.2. The number of hydrogen-bond donors (Lipinski definition) is 0. The normalized spacial score (nSPS) is 10.7. The Morgan fingerprint density at radius 2 is 1.73 bits per heavy atom. The fourth-order valence-electron chi connectivity index (χ4n) is 1.90. The molecule has 0 aliphatic carbocycles.